The molecule has 0 aliphatic carbocycles. The lowest BCUT2D eigenvalue weighted by Gasteiger charge is -2.11. The van der Waals surface area contributed by atoms with Crippen LogP contribution >= 0.6 is 27.5 Å². The molecule has 21 heavy (non-hydrogen) atoms. The van der Waals surface area contributed by atoms with E-state index < -0.39 is 17.4 Å². The van der Waals surface area contributed by atoms with Crippen LogP contribution in [-0.2, 0) is 0 Å². The Bertz CT molecular complexity index is 765. The first-order chi connectivity index (χ1) is 9.86. The molecule has 0 fully saturated rings. The minimum absolute atomic E-state index is 0.000859. The van der Waals surface area contributed by atoms with Gasteiger partial charge in [-0.1, -0.05) is 11.6 Å². The van der Waals surface area contributed by atoms with Gasteiger partial charge in [0, 0.05) is 27.5 Å². The number of nitrogens with one attached hydrogen (secondary N) is 1. The van der Waals surface area contributed by atoms with Gasteiger partial charge in [0.05, 0.1) is 10.6 Å². The lowest BCUT2D eigenvalue weighted by Crippen LogP contribution is -2.10. The van der Waals surface area contributed by atoms with Crippen molar-refractivity contribution in [2.45, 2.75) is 0 Å². The van der Waals surface area contributed by atoms with E-state index in [-0.39, 0.29) is 31.9 Å². The van der Waals surface area contributed by atoms with Crippen molar-refractivity contribution in [3.8, 4) is 0 Å². The van der Waals surface area contributed by atoms with Crippen molar-refractivity contribution in [2.24, 2.45) is 0 Å². The summed E-state index contributed by atoms with van der Waals surface area (Å²) in [5.74, 6) is -2.34. The summed E-state index contributed by atoms with van der Waals surface area (Å²) in [5.41, 5.74) is 5.22. The van der Waals surface area contributed by atoms with Gasteiger partial charge in [-0.05, 0) is 40.2 Å². The Morgan fingerprint density at radius 3 is 2.62 bits per heavy atom. The van der Waals surface area contributed by atoms with E-state index in [0.717, 1.165) is 24.4 Å². The number of carbonyl (C=O) groups excluding carboxylic acids is 1. The fourth-order valence-electron chi connectivity index (χ4n) is 1.81. The first-order valence-corrected chi connectivity index (χ1v) is 6.81. The second-order valence-electron chi connectivity index (χ2n) is 4.15. The molecule has 0 radical (unpaired) electrons. The van der Waals surface area contributed by atoms with E-state index in [1.165, 1.54) is 6.07 Å². The number of nitrogen functional groups attached to an aromatic ring is 1. The van der Waals surface area contributed by atoms with Crippen LogP contribution in [0.5, 0.6) is 0 Å². The Hall–Kier alpha value is -1.79. The summed E-state index contributed by atoms with van der Waals surface area (Å²) in [7, 11) is 0. The van der Waals surface area contributed by atoms with Crippen molar-refractivity contribution in [2.75, 3.05) is 5.73 Å². The van der Waals surface area contributed by atoms with Crippen LogP contribution in [0.3, 0.4) is 0 Å². The topological polar surface area (TPSA) is 66.9 Å². The number of halogens is 4. The van der Waals surface area contributed by atoms with Crippen LogP contribution in [0.4, 0.5) is 14.5 Å². The van der Waals surface area contributed by atoms with Crippen molar-refractivity contribution >= 4 is 45.2 Å². The molecule has 2 aromatic carbocycles. The summed E-state index contributed by atoms with van der Waals surface area (Å²) in [6.45, 7) is 0. The molecule has 0 heterocycles. The molecule has 0 atom stereocenters. The zero-order chi connectivity index (χ0) is 15.7. The first-order valence-electron chi connectivity index (χ1n) is 5.64. The summed E-state index contributed by atoms with van der Waals surface area (Å²) in [6.07, 6.45) is 0.892. The number of nitrogens with two attached hydrogens (primary N) is 1. The summed E-state index contributed by atoms with van der Waals surface area (Å²) in [4.78, 5) is 12.4. The van der Waals surface area contributed by atoms with Crippen LogP contribution in [0.25, 0.3) is 0 Å². The zero-order valence-electron chi connectivity index (χ0n) is 10.4. The smallest absolute Gasteiger partial charge is 0.198 e. The molecule has 0 amide bonds. The van der Waals surface area contributed by atoms with E-state index in [1.54, 1.807) is 0 Å². The maximum Gasteiger partial charge on any atom is 0.198 e. The van der Waals surface area contributed by atoms with Crippen LogP contribution < -0.4 is 5.73 Å². The average Bonchev–Trinajstić information content (AvgIpc) is 2.41. The van der Waals surface area contributed by atoms with E-state index in [1.807, 2.05) is 0 Å². The quantitative estimate of drug-likeness (QED) is 0.481. The Morgan fingerprint density at radius 1 is 1.33 bits per heavy atom. The number of rotatable bonds is 3. The third-order valence-electron chi connectivity index (χ3n) is 2.83. The van der Waals surface area contributed by atoms with Crippen LogP contribution in [0.15, 0.2) is 28.7 Å². The molecule has 0 bridgehead atoms. The minimum Gasteiger partial charge on any atom is -0.398 e. The molecule has 0 aliphatic rings. The molecule has 2 rings (SSSR count). The SMILES string of the molecule is N=Cc1c(N)cc(F)c(C(=O)c2cc(F)ccc2Cl)c1Br. The van der Waals surface area contributed by atoms with E-state index in [4.69, 9.17) is 22.7 Å². The van der Waals surface area contributed by atoms with E-state index in [2.05, 4.69) is 15.9 Å². The Morgan fingerprint density at radius 2 is 2.00 bits per heavy atom. The van der Waals surface area contributed by atoms with E-state index in [9.17, 15) is 13.6 Å². The fourth-order valence-corrected chi connectivity index (χ4v) is 2.73. The number of anilines is 1. The number of benzene rings is 2. The molecular weight excluding hydrogens is 366 g/mol. The number of hydrogen-bond acceptors (Lipinski definition) is 3. The second-order valence-corrected chi connectivity index (χ2v) is 5.35. The van der Waals surface area contributed by atoms with Crippen molar-refractivity contribution < 1.29 is 13.6 Å². The number of carbonyl (C=O) groups is 1. The van der Waals surface area contributed by atoms with Gasteiger partial charge in [-0.15, -0.1) is 0 Å². The second kappa shape index (κ2) is 5.91. The van der Waals surface area contributed by atoms with Gasteiger partial charge in [0.15, 0.2) is 5.78 Å². The predicted molar refractivity (Wildman–Crippen MR) is 81.2 cm³/mol. The number of ketones is 1. The summed E-state index contributed by atoms with van der Waals surface area (Å²) < 4.78 is 27.3. The third-order valence-corrected chi connectivity index (χ3v) is 3.99. The Balaban J connectivity index is 2.69. The highest BCUT2D eigenvalue weighted by Crippen LogP contribution is 2.31. The molecule has 108 valence electrons. The normalized spacial score (nSPS) is 10.5. The van der Waals surface area contributed by atoms with Crippen LogP contribution in [0, 0.1) is 17.0 Å². The molecular formula is C14H8BrClF2N2O. The maximum atomic E-state index is 14.1. The highest BCUT2D eigenvalue weighted by Gasteiger charge is 2.23. The molecule has 0 unspecified atom stereocenters. The summed E-state index contributed by atoms with van der Waals surface area (Å²) in [5, 5.41) is 7.26. The van der Waals surface area contributed by atoms with Crippen LogP contribution in [-0.4, -0.2) is 12.0 Å². The molecule has 0 aromatic heterocycles. The Kier molecular flexibility index (Phi) is 4.39. The summed E-state index contributed by atoms with van der Waals surface area (Å²) in [6, 6.07) is 4.17. The van der Waals surface area contributed by atoms with Crippen LogP contribution in [0.1, 0.15) is 21.5 Å². The van der Waals surface area contributed by atoms with Gasteiger partial charge in [0.25, 0.3) is 0 Å². The highest BCUT2D eigenvalue weighted by atomic mass is 79.9. The molecule has 0 saturated heterocycles. The highest BCUT2D eigenvalue weighted by molar-refractivity contribution is 9.10. The standard InChI is InChI=1S/C14H8BrClF2N2O/c15-13-8(5-19)11(20)4-10(18)12(13)14(21)7-3-6(17)1-2-9(7)16/h1-5,19H,20H2. The van der Waals surface area contributed by atoms with Crippen LogP contribution in [0.2, 0.25) is 5.02 Å². The fraction of sp³-hybridized carbons (Fsp3) is 0. The van der Waals surface area contributed by atoms with Crippen molar-refractivity contribution in [1.82, 2.24) is 0 Å². The zero-order valence-corrected chi connectivity index (χ0v) is 12.7. The molecule has 3 N–H and O–H groups in total. The van der Waals surface area contributed by atoms with Gasteiger partial charge >= 0.3 is 0 Å². The first kappa shape index (κ1) is 15.6. The minimum atomic E-state index is -0.879. The van der Waals surface area contributed by atoms with Gasteiger partial charge in [0.2, 0.25) is 0 Å². The molecule has 2 aromatic rings. The van der Waals surface area contributed by atoms with Gasteiger partial charge in [-0.2, -0.15) is 0 Å². The maximum absolute atomic E-state index is 14.1. The molecule has 7 heteroatoms. The van der Waals surface area contributed by atoms with Gasteiger partial charge in [0.1, 0.15) is 11.6 Å². The summed E-state index contributed by atoms with van der Waals surface area (Å²) >= 11 is 8.91. The van der Waals surface area contributed by atoms with Gasteiger partial charge in [-0.25, -0.2) is 8.78 Å². The third kappa shape index (κ3) is 2.82. The monoisotopic (exact) mass is 372 g/mol. The molecule has 0 saturated carbocycles. The van der Waals surface area contributed by atoms with Gasteiger partial charge in [-0.3, -0.25) is 4.79 Å². The number of hydrogen-bond donors (Lipinski definition) is 2. The Labute approximate surface area is 132 Å². The van der Waals surface area contributed by atoms with E-state index in [0.29, 0.717) is 0 Å². The lowest BCUT2D eigenvalue weighted by molar-refractivity contribution is 0.103. The predicted octanol–water partition coefficient (Wildman–Crippen LogP) is 4.19. The van der Waals surface area contributed by atoms with E-state index >= 15 is 0 Å². The van der Waals surface area contributed by atoms with Crippen molar-refractivity contribution in [3.63, 3.8) is 0 Å². The van der Waals surface area contributed by atoms with Gasteiger partial charge < -0.3 is 11.1 Å². The molecule has 3 nitrogen and oxygen atoms in total. The van der Waals surface area contributed by atoms with Crippen molar-refractivity contribution in [1.29, 1.82) is 5.41 Å². The lowest BCUT2D eigenvalue weighted by atomic mass is 9.99. The molecule has 0 spiro atoms. The molecule has 0 aliphatic heterocycles. The largest absolute Gasteiger partial charge is 0.398 e. The average molecular weight is 374 g/mol. The van der Waals surface area contributed by atoms with Crippen molar-refractivity contribution in [3.05, 3.63) is 62.1 Å².